The standard InChI is InChI=1S/C11H11N3O3/c15-11(13-6-5-12-8-13)7-9-1-3-10(4-2-9)14(16)17/h1-6,8,11,15H,7H2. The molecule has 0 aliphatic carbocycles. The lowest BCUT2D eigenvalue weighted by molar-refractivity contribution is -0.384. The fraction of sp³-hybridized carbons (Fsp3) is 0.182. The number of imidazole rings is 1. The lowest BCUT2D eigenvalue weighted by Crippen LogP contribution is -2.09. The summed E-state index contributed by atoms with van der Waals surface area (Å²) in [6, 6.07) is 6.13. The zero-order valence-corrected chi connectivity index (χ0v) is 8.93. The molecule has 1 heterocycles. The average molecular weight is 233 g/mol. The maximum atomic E-state index is 10.5. The lowest BCUT2D eigenvalue weighted by Gasteiger charge is -2.11. The number of non-ortho nitro benzene ring substituents is 1. The summed E-state index contributed by atoms with van der Waals surface area (Å²) in [5.41, 5.74) is 0.877. The van der Waals surface area contributed by atoms with Gasteiger partial charge in [-0.3, -0.25) is 10.1 Å². The van der Waals surface area contributed by atoms with Crippen molar-refractivity contribution in [1.29, 1.82) is 0 Å². The first kappa shape index (κ1) is 11.3. The average Bonchev–Trinajstić information content (AvgIpc) is 2.83. The van der Waals surface area contributed by atoms with Crippen LogP contribution in [0.2, 0.25) is 0 Å². The first-order chi connectivity index (χ1) is 8.16. The zero-order valence-electron chi connectivity index (χ0n) is 8.93. The minimum Gasteiger partial charge on any atom is -0.373 e. The molecule has 1 unspecified atom stereocenters. The number of nitro groups is 1. The number of aliphatic hydroxyl groups is 1. The molecule has 2 aromatic rings. The van der Waals surface area contributed by atoms with E-state index in [0.29, 0.717) is 6.42 Å². The summed E-state index contributed by atoms with van der Waals surface area (Å²) in [5, 5.41) is 20.3. The van der Waals surface area contributed by atoms with Gasteiger partial charge in [0.05, 0.1) is 11.3 Å². The number of aromatic nitrogens is 2. The van der Waals surface area contributed by atoms with E-state index in [0.717, 1.165) is 5.56 Å². The molecule has 6 heteroatoms. The monoisotopic (exact) mass is 233 g/mol. The lowest BCUT2D eigenvalue weighted by atomic mass is 10.1. The van der Waals surface area contributed by atoms with Gasteiger partial charge < -0.3 is 9.67 Å². The maximum Gasteiger partial charge on any atom is 0.269 e. The molecule has 0 amide bonds. The van der Waals surface area contributed by atoms with Gasteiger partial charge in [-0.05, 0) is 5.56 Å². The Bertz CT molecular complexity index is 493. The first-order valence-corrected chi connectivity index (χ1v) is 5.05. The van der Waals surface area contributed by atoms with Crippen molar-refractivity contribution in [2.45, 2.75) is 12.6 Å². The fourth-order valence-electron chi connectivity index (χ4n) is 1.52. The summed E-state index contributed by atoms with van der Waals surface area (Å²) in [6.07, 6.45) is 4.44. The minimum absolute atomic E-state index is 0.0471. The Balaban J connectivity index is 2.06. The molecule has 0 bridgehead atoms. The van der Waals surface area contributed by atoms with Gasteiger partial charge in [0, 0.05) is 30.9 Å². The Hall–Kier alpha value is -2.21. The third-order valence-corrected chi connectivity index (χ3v) is 2.43. The Morgan fingerprint density at radius 3 is 2.65 bits per heavy atom. The van der Waals surface area contributed by atoms with E-state index in [9.17, 15) is 15.2 Å². The van der Waals surface area contributed by atoms with Crippen LogP contribution >= 0.6 is 0 Å². The van der Waals surface area contributed by atoms with Crippen LogP contribution in [0.5, 0.6) is 0 Å². The third-order valence-electron chi connectivity index (χ3n) is 2.43. The van der Waals surface area contributed by atoms with Crippen LogP contribution in [0.25, 0.3) is 0 Å². The molecular weight excluding hydrogens is 222 g/mol. The van der Waals surface area contributed by atoms with Gasteiger partial charge >= 0.3 is 0 Å². The van der Waals surface area contributed by atoms with Crippen LogP contribution in [-0.2, 0) is 6.42 Å². The molecule has 1 N–H and O–H groups in total. The van der Waals surface area contributed by atoms with Gasteiger partial charge in [-0.1, -0.05) is 12.1 Å². The van der Waals surface area contributed by atoms with Gasteiger partial charge in [0.25, 0.3) is 5.69 Å². The molecule has 0 aliphatic heterocycles. The number of rotatable bonds is 4. The van der Waals surface area contributed by atoms with Crippen LogP contribution in [0.1, 0.15) is 11.8 Å². The quantitative estimate of drug-likeness (QED) is 0.641. The molecule has 0 saturated carbocycles. The fourth-order valence-corrected chi connectivity index (χ4v) is 1.52. The normalized spacial score (nSPS) is 12.3. The summed E-state index contributed by atoms with van der Waals surface area (Å²) in [5.74, 6) is 0. The second kappa shape index (κ2) is 4.75. The number of hydrogen-bond donors (Lipinski definition) is 1. The Morgan fingerprint density at radius 2 is 2.12 bits per heavy atom. The molecular formula is C11H11N3O3. The van der Waals surface area contributed by atoms with Crippen molar-refractivity contribution in [3.8, 4) is 0 Å². The highest BCUT2D eigenvalue weighted by atomic mass is 16.6. The van der Waals surface area contributed by atoms with Gasteiger partial charge in [-0.25, -0.2) is 4.98 Å². The van der Waals surface area contributed by atoms with Crippen LogP contribution < -0.4 is 0 Å². The summed E-state index contributed by atoms with van der Waals surface area (Å²) >= 11 is 0. The smallest absolute Gasteiger partial charge is 0.269 e. The zero-order chi connectivity index (χ0) is 12.3. The van der Waals surface area contributed by atoms with E-state index < -0.39 is 11.2 Å². The van der Waals surface area contributed by atoms with Crippen molar-refractivity contribution in [2.24, 2.45) is 0 Å². The highest BCUT2D eigenvalue weighted by Crippen LogP contribution is 2.16. The summed E-state index contributed by atoms with van der Waals surface area (Å²) in [4.78, 5) is 13.9. The molecule has 17 heavy (non-hydrogen) atoms. The third kappa shape index (κ3) is 2.67. The van der Waals surface area contributed by atoms with Gasteiger partial charge in [0.15, 0.2) is 0 Å². The molecule has 6 nitrogen and oxygen atoms in total. The Kier molecular flexibility index (Phi) is 3.15. The van der Waals surface area contributed by atoms with Crippen molar-refractivity contribution in [1.82, 2.24) is 9.55 Å². The van der Waals surface area contributed by atoms with E-state index in [1.54, 1.807) is 29.1 Å². The van der Waals surface area contributed by atoms with E-state index in [4.69, 9.17) is 0 Å². The van der Waals surface area contributed by atoms with E-state index in [-0.39, 0.29) is 5.69 Å². The van der Waals surface area contributed by atoms with E-state index >= 15 is 0 Å². The maximum absolute atomic E-state index is 10.5. The molecule has 0 spiro atoms. The number of hydrogen-bond acceptors (Lipinski definition) is 4. The number of nitrogens with zero attached hydrogens (tertiary/aromatic N) is 3. The molecule has 88 valence electrons. The highest BCUT2D eigenvalue weighted by molar-refractivity contribution is 5.32. The van der Waals surface area contributed by atoms with E-state index in [1.807, 2.05) is 0 Å². The SMILES string of the molecule is O=[N+]([O-])c1ccc(CC(O)n2ccnc2)cc1. The predicted molar refractivity (Wildman–Crippen MR) is 60.3 cm³/mol. The largest absolute Gasteiger partial charge is 0.373 e. The second-order valence-electron chi connectivity index (χ2n) is 3.62. The molecule has 0 aliphatic rings. The summed E-state index contributed by atoms with van der Waals surface area (Å²) < 4.78 is 1.57. The van der Waals surface area contributed by atoms with Crippen LogP contribution in [-0.4, -0.2) is 19.6 Å². The van der Waals surface area contributed by atoms with Crippen LogP contribution in [0.15, 0.2) is 43.0 Å². The molecule has 0 radical (unpaired) electrons. The van der Waals surface area contributed by atoms with Crippen molar-refractivity contribution in [3.63, 3.8) is 0 Å². The van der Waals surface area contributed by atoms with Crippen molar-refractivity contribution in [3.05, 3.63) is 58.7 Å². The molecule has 1 atom stereocenters. The number of nitro benzene ring substituents is 1. The van der Waals surface area contributed by atoms with Gasteiger partial charge in [-0.2, -0.15) is 0 Å². The molecule has 1 aromatic carbocycles. The minimum atomic E-state index is -0.709. The molecule has 0 saturated heterocycles. The summed E-state index contributed by atoms with van der Waals surface area (Å²) in [7, 11) is 0. The molecule has 1 aromatic heterocycles. The van der Waals surface area contributed by atoms with Crippen LogP contribution in [0.4, 0.5) is 5.69 Å². The predicted octanol–water partition coefficient (Wildman–Crippen LogP) is 1.52. The summed E-state index contributed by atoms with van der Waals surface area (Å²) in [6.45, 7) is 0. The second-order valence-corrected chi connectivity index (χ2v) is 3.62. The van der Waals surface area contributed by atoms with Crippen molar-refractivity contribution in [2.75, 3.05) is 0 Å². The van der Waals surface area contributed by atoms with E-state index in [2.05, 4.69) is 4.98 Å². The topological polar surface area (TPSA) is 81.2 Å². The van der Waals surface area contributed by atoms with Gasteiger partial charge in [-0.15, -0.1) is 0 Å². The number of aliphatic hydroxyl groups excluding tert-OH is 1. The Morgan fingerprint density at radius 1 is 1.41 bits per heavy atom. The van der Waals surface area contributed by atoms with Gasteiger partial charge in [0.2, 0.25) is 0 Å². The van der Waals surface area contributed by atoms with Crippen LogP contribution in [0, 0.1) is 10.1 Å². The number of benzene rings is 1. The van der Waals surface area contributed by atoms with Gasteiger partial charge in [0.1, 0.15) is 6.23 Å². The van der Waals surface area contributed by atoms with Crippen molar-refractivity contribution < 1.29 is 10.0 Å². The van der Waals surface area contributed by atoms with Crippen molar-refractivity contribution >= 4 is 5.69 Å². The van der Waals surface area contributed by atoms with E-state index in [1.165, 1.54) is 18.5 Å². The first-order valence-electron chi connectivity index (χ1n) is 5.05. The molecule has 2 rings (SSSR count). The van der Waals surface area contributed by atoms with Crippen LogP contribution in [0.3, 0.4) is 0 Å². The highest BCUT2D eigenvalue weighted by Gasteiger charge is 2.09. The Labute approximate surface area is 97.3 Å². The molecule has 0 fully saturated rings.